The fourth-order valence-electron chi connectivity index (χ4n) is 1.19. The van der Waals surface area contributed by atoms with Crippen LogP contribution in [0.2, 0.25) is 0 Å². The maximum absolute atomic E-state index is 8.87. The Morgan fingerprint density at radius 2 is 2.31 bits per heavy atom. The summed E-state index contributed by atoms with van der Waals surface area (Å²) in [5.74, 6) is 0.405. The lowest BCUT2D eigenvalue weighted by Gasteiger charge is -2.15. The van der Waals surface area contributed by atoms with Crippen molar-refractivity contribution in [1.82, 2.24) is 4.98 Å². The molecule has 1 N–H and O–H groups in total. The van der Waals surface area contributed by atoms with E-state index in [1.165, 1.54) is 11.3 Å². The molecule has 0 fully saturated rings. The molecule has 0 amide bonds. The van der Waals surface area contributed by atoms with E-state index in [0.717, 1.165) is 9.88 Å². The van der Waals surface area contributed by atoms with Crippen LogP contribution in [-0.2, 0) is 11.3 Å². The van der Waals surface area contributed by atoms with Gasteiger partial charge in [0.1, 0.15) is 11.1 Å². The Kier molecular flexibility index (Phi) is 3.84. The first-order valence-corrected chi connectivity index (χ1v) is 5.09. The van der Waals surface area contributed by atoms with Crippen LogP contribution in [0, 0.1) is 5.92 Å². The molecule has 0 aliphatic heterocycles. The molecule has 1 atom stereocenters. The highest BCUT2D eigenvalue weighted by Crippen LogP contribution is 2.28. The summed E-state index contributed by atoms with van der Waals surface area (Å²) >= 11 is 1.51. The van der Waals surface area contributed by atoms with Gasteiger partial charge in [-0.25, -0.2) is 4.98 Å². The number of thiazole rings is 1. The molecule has 0 saturated heterocycles. The third-order valence-corrected chi connectivity index (χ3v) is 2.87. The van der Waals surface area contributed by atoms with Crippen molar-refractivity contribution in [2.45, 2.75) is 26.6 Å². The minimum atomic E-state index is 0.0466. The van der Waals surface area contributed by atoms with Gasteiger partial charge in [-0.05, 0) is 5.92 Å². The van der Waals surface area contributed by atoms with Crippen molar-refractivity contribution in [2.24, 2.45) is 5.92 Å². The molecule has 0 saturated carbocycles. The second-order valence-electron chi connectivity index (χ2n) is 3.22. The summed E-state index contributed by atoms with van der Waals surface area (Å²) in [6.45, 7) is 4.24. The highest BCUT2D eigenvalue weighted by molar-refractivity contribution is 7.11. The highest BCUT2D eigenvalue weighted by atomic mass is 32.1. The van der Waals surface area contributed by atoms with Crippen LogP contribution in [0.25, 0.3) is 0 Å². The molecule has 1 unspecified atom stereocenters. The van der Waals surface area contributed by atoms with E-state index in [2.05, 4.69) is 18.8 Å². The van der Waals surface area contributed by atoms with Crippen molar-refractivity contribution in [1.29, 1.82) is 0 Å². The largest absolute Gasteiger partial charge is 0.391 e. The van der Waals surface area contributed by atoms with E-state index < -0.39 is 0 Å². The summed E-state index contributed by atoms with van der Waals surface area (Å²) in [6.07, 6.45) is 1.75. The van der Waals surface area contributed by atoms with Crippen molar-refractivity contribution in [2.75, 3.05) is 7.11 Å². The molecule has 74 valence electrons. The highest BCUT2D eigenvalue weighted by Gasteiger charge is 2.18. The number of aliphatic hydroxyl groups excluding tert-OH is 1. The Labute approximate surface area is 82.4 Å². The third-order valence-electron chi connectivity index (χ3n) is 1.83. The quantitative estimate of drug-likeness (QED) is 0.810. The molecule has 0 spiro atoms. The van der Waals surface area contributed by atoms with Gasteiger partial charge in [-0.2, -0.15) is 0 Å². The van der Waals surface area contributed by atoms with Gasteiger partial charge in [-0.15, -0.1) is 11.3 Å². The molecule has 1 heterocycles. The lowest BCUT2D eigenvalue weighted by atomic mass is 10.1. The van der Waals surface area contributed by atoms with Crippen LogP contribution in [0.4, 0.5) is 0 Å². The third kappa shape index (κ3) is 2.49. The summed E-state index contributed by atoms with van der Waals surface area (Å²) in [5.41, 5.74) is 0. The van der Waals surface area contributed by atoms with Crippen molar-refractivity contribution in [3.63, 3.8) is 0 Å². The topological polar surface area (TPSA) is 42.4 Å². The minimum Gasteiger partial charge on any atom is -0.391 e. The van der Waals surface area contributed by atoms with E-state index in [9.17, 15) is 0 Å². The van der Waals surface area contributed by atoms with Gasteiger partial charge in [0, 0.05) is 13.3 Å². The lowest BCUT2D eigenvalue weighted by Crippen LogP contribution is -2.08. The summed E-state index contributed by atoms with van der Waals surface area (Å²) < 4.78 is 5.32. The van der Waals surface area contributed by atoms with Crippen LogP contribution in [0.5, 0.6) is 0 Å². The number of ether oxygens (including phenoxy) is 1. The van der Waals surface area contributed by atoms with Gasteiger partial charge in [0.25, 0.3) is 0 Å². The molecule has 13 heavy (non-hydrogen) atoms. The van der Waals surface area contributed by atoms with Gasteiger partial charge in [-0.1, -0.05) is 13.8 Å². The summed E-state index contributed by atoms with van der Waals surface area (Å²) in [4.78, 5) is 5.10. The smallest absolute Gasteiger partial charge is 0.122 e. The summed E-state index contributed by atoms with van der Waals surface area (Å²) in [7, 11) is 1.69. The van der Waals surface area contributed by atoms with Gasteiger partial charge >= 0.3 is 0 Å². The molecular weight excluding hydrogens is 186 g/mol. The number of nitrogens with zero attached hydrogens (tertiary/aromatic N) is 1. The number of aliphatic hydroxyl groups is 1. The van der Waals surface area contributed by atoms with Crippen LogP contribution >= 0.6 is 11.3 Å². The average Bonchev–Trinajstić information content (AvgIpc) is 2.53. The van der Waals surface area contributed by atoms with Crippen molar-refractivity contribution < 1.29 is 9.84 Å². The van der Waals surface area contributed by atoms with Gasteiger partial charge < -0.3 is 9.84 Å². The Bertz CT molecular complexity index is 260. The summed E-state index contributed by atoms with van der Waals surface area (Å²) in [6, 6.07) is 0. The van der Waals surface area contributed by atoms with Crippen molar-refractivity contribution in [3.8, 4) is 0 Å². The maximum atomic E-state index is 8.87. The van der Waals surface area contributed by atoms with Crippen LogP contribution < -0.4 is 0 Å². The molecule has 0 aliphatic rings. The maximum Gasteiger partial charge on any atom is 0.122 e. The molecule has 0 aromatic carbocycles. The zero-order valence-electron chi connectivity index (χ0n) is 8.15. The van der Waals surface area contributed by atoms with Gasteiger partial charge in [-0.3, -0.25) is 0 Å². The van der Waals surface area contributed by atoms with E-state index in [4.69, 9.17) is 9.84 Å². The molecule has 0 aliphatic carbocycles. The Hall–Kier alpha value is -0.450. The predicted octanol–water partition coefficient (Wildman–Crippen LogP) is 1.98. The fraction of sp³-hybridized carbons (Fsp3) is 0.667. The molecule has 0 radical (unpaired) electrons. The first-order chi connectivity index (χ1) is 6.19. The normalized spacial score (nSPS) is 13.6. The molecular formula is C9H15NO2S. The minimum absolute atomic E-state index is 0.0466. The van der Waals surface area contributed by atoms with Crippen LogP contribution in [-0.4, -0.2) is 17.2 Å². The molecule has 1 aromatic heterocycles. The van der Waals surface area contributed by atoms with E-state index in [-0.39, 0.29) is 12.7 Å². The van der Waals surface area contributed by atoms with Crippen LogP contribution in [0.1, 0.15) is 29.8 Å². The van der Waals surface area contributed by atoms with E-state index in [1.807, 2.05) is 0 Å². The van der Waals surface area contributed by atoms with E-state index >= 15 is 0 Å². The van der Waals surface area contributed by atoms with Gasteiger partial charge in [0.05, 0.1) is 11.5 Å². The second kappa shape index (κ2) is 4.69. The van der Waals surface area contributed by atoms with Crippen molar-refractivity contribution in [3.05, 3.63) is 16.1 Å². The van der Waals surface area contributed by atoms with E-state index in [0.29, 0.717) is 5.92 Å². The number of hydrogen-bond donors (Lipinski definition) is 1. The number of rotatable bonds is 4. The predicted molar refractivity (Wildman–Crippen MR) is 52.6 cm³/mol. The molecule has 0 bridgehead atoms. The Morgan fingerprint density at radius 3 is 2.69 bits per heavy atom. The molecule has 1 rings (SSSR count). The molecule has 4 heteroatoms. The zero-order valence-corrected chi connectivity index (χ0v) is 8.97. The fourth-order valence-corrected chi connectivity index (χ4v) is 2.21. The standard InChI is InChI=1S/C9H15NO2S/c1-6(2)8(12-3)9-10-4-7(5-11)13-9/h4,6,8,11H,5H2,1-3H3. The van der Waals surface area contributed by atoms with Gasteiger partial charge in [0.15, 0.2) is 0 Å². The lowest BCUT2D eigenvalue weighted by molar-refractivity contribution is 0.0644. The van der Waals surface area contributed by atoms with Crippen molar-refractivity contribution >= 4 is 11.3 Å². The number of hydrogen-bond acceptors (Lipinski definition) is 4. The Balaban J connectivity index is 2.79. The Morgan fingerprint density at radius 1 is 1.62 bits per heavy atom. The monoisotopic (exact) mass is 201 g/mol. The molecule has 1 aromatic rings. The first kappa shape index (κ1) is 10.6. The number of methoxy groups -OCH3 is 1. The van der Waals surface area contributed by atoms with E-state index in [1.54, 1.807) is 13.3 Å². The summed E-state index contributed by atoms with van der Waals surface area (Å²) in [5, 5.41) is 9.82. The first-order valence-electron chi connectivity index (χ1n) is 4.27. The van der Waals surface area contributed by atoms with Crippen LogP contribution in [0.15, 0.2) is 6.20 Å². The van der Waals surface area contributed by atoms with Gasteiger partial charge in [0.2, 0.25) is 0 Å². The average molecular weight is 201 g/mol. The SMILES string of the molecule is COC(c1ncc(CO)s1)C(C)C. The second-order valence-corrected chi connectivity index (χ2v) is 4.37. The molecule has 3 nitrogen and oxygen atoms in total. The number of aromatic nitrogens is 1. The zero-order chi connectivity index (χ0) is 9.84. The van der Waals surface area contributed by atoms with Crippen LogP contribution in [0.3, 0.4) is 0 Å².